The van der Waals surface area contributed by atoms with Gasteiger partial charge in [-0.25, -0.2) is 0 Å². The third-order valence-corrected chi connectivity index (χ3v) is 5.64. The summed E-state index contributed by atoms with van der Waals surface area (Å²) in [5.41, 5.74) is 2.11. The minimum atomic E-state index is -0.516. The van der Waals surface area contributed by atoms with Crippen LogP contribution in [0.2, 0.25) is 0 Å². The molecule has 0 radical (unpaired) electrons. The van der Waals surface area contributed by atoms with E-state index < -0.39 is 16.7 Å². The number of rotatable bonds is 7. The van der Waals surface area contributed by atoms with Crippen LogP contribution in [0.4, 0.5) is 11.4 Å². The quantitative estimate of drug-likeness (QED) is 0.327. The predicted octanol–water partition coefficient (Wildman–Crippen LogP) is 3.76. The van der Waals surface area contributed by atoms with Crippen molar-refractivity contribution in [3.05, 3.63) is 99.7 Å². The number of hydrogen-bond donors (Lipinski definition) is 1. The largest absolute Gasteiger partial charge is 0.454 e. The molecule has 2 aliphatic rings. The molecule has 1 N–H and O–H groups in total. The van der Waals surface area contributed by atoms with Gasteiger partial charge in [-0.3, -0.25) is 24.6 Å². The van der Waals surface area contributed by atoms with Gasteiger partial charge >= 0.3 is 0 Å². The number of benzene rings is 3. The molecular weight excluding hydrogens is 438 g/mol. The van der Waals surface area contributed by atoms with E-state index in [2.05, 4.69) is 5.32 Å². The van der Waals surface area contributed by atoms with E-state index in [1.54, 1.807) is 18.2 Å². The number of nitrogens with zero attached hydrogens (tertiary/aromatic N) is 2. The van der Waals surface area contributed by atoms with Gasteiger partial charge in [0.2, 0.25) is 6.79 Å². The second-order valence-electron chi connectivity index (χ2n) is 7.74. The van der Waals surface area contributed by atoms with Crippen molar-refractivity contribution in [1.29, 1.82) is 0 Å². The lowest BCUT2D eigenvalue weighted by Gasteiger charge is -2.15. The number of anilines is 1. The molecule has 34 heavy (non-hydrogen) atoms. The van der Waals surface area contributed by atoms with Gasteiger partial charge in [0.05, 0.1) is 10.5 Å². The average molecular weight is 457 g/mol. The van der Waals surface area contributed by atoms with Crippen LogP contribution in [0, 0.1) is 10.1 Å². The van der Waals surface area contributed by atoms with Crippen LogP contribution >= 0.6 is 0 Å². The van der Waals surface area contributed by atoms with Crippen molar-refractivity contribution in [1.82, 2.24) is 4.90 Å². The summed E-state index contributed by atoms with van der Waals surface area (Å²) in [7, 11) is 0. The van der Waals surface area contributed by atoms with Crippen LogP contribution in [0.15, 0.2) is 78.5 Å². The number of fused-ring (bicyclic) bond motifs is 1. The molecule has 0 aliphatic carbocycles. The molecule has 0 saturated carbocycles. The van der Waals surface area contributed by atoms with Crippen molar-refractivity contribution in [2.75, 3.05) is 18.7 Å². The normalized spacial score (nSPS) is 14.6. The van der Waals surface area contributed by atoms with Gasteiger partial charge < -0.3 is 14.8 Å². The third kappa shape index (κ3) is 3.95. The lowest BCUT2D eigenvalue weighted by atomic mass is 10.0. The molecule has 0 atom stereocenters. The maximum Gasteiger partial charge on any atom is 0.278 e. The van der Waals surface area contributed by atoms with Gasteiger partial charge in [-0.2, -0.15) is 0 Å². The van der Waals surface area contributed by atoms with Crippen molar-refractivity contribution in [2.24, 2.45) is 0 Å². The van der Waals surface area contributed by atoms with Gasteiger partial charge in [-0.1, -0.05) is 30.3 Å². The number of ether oxygens (including phenoxy) is 2. The van der Waals surface area contributed by atoms with Crippen LogP contribution in [0.1, 0.15) is 11.1 Å². The maximum atomic E-state index is 13.4. The highest BCUT2D eigenvalue weighted by Crippen LogP contribution is 2.36. The zero-order chi connectivity index (χ0) is 23.7. The van der Waals surface area contributed by atoms with E-state index in [0.29, 0.717) is 29.2 Å². The summed E-state index contributed by atoms with van der Waals surface area (Å²) in [6.45, 7) is 0.310. The van der Waals surface area contributed by atoms with Gasteiger partial charge in [-0.05, 0) is 41.8 Å². The number of carbonyl (C=O) groups excluding carboxylic acids is 2. The minimum absolute atomic E-state index is 0.103. The molecular formula is C25H19N3O6. The Labute approximate surface area is 194 Å². The van der Waals surface area contributed by atoms with Crippen molar-refractivity contribution >= 4 is 28.8 Å². The van der Waals surface area contributed by atoms with Crippen LogP contribution in [0.5, 0.6) is 11.5 Å². The Morgan fingerprint density at radius 2 is 1.65 bits per heavy atom. The molecule has 0 aromatic heterocycles. The van der Waals surface area contributed by atoms with Crippen LogP contribution in [0.25, 0.3) is 5.57 Å². The maximum absolute atomic E-state index is 13.4. The van der Waals surface area contributed by atoms with Crippen molar-refractivity contribution in [3.63, 3.8) is 0 Å². The molecule has 9 heteroatoms. The van der Waals surface area contributed by atoms with Crippen LogP contribution < -0.4 is 14.8 Å². The number of nitro groups is 1. The summed E-state index contributed by atoms with van der Waals surface area (Å²) in [5, 5.41) is 14.1. The summed E-state index contributed by atoms with van der Waals surface area (Å²) in [4.78, 5) is 38.5. The second kappa shape index (κ2) is 8.70. The molecule has 9 nitrogen and oxygen atoms in total. The van der Waals surface area contributed by atoms with Crippen molar-refractivity contribution in [3.8, 4) is 11.5 Å². The minimum Gasteiger partial charge on any atom is -0.454 e. The molecule has 0 bridgehead atoms. The second-order valence-corrected chi connectivity index (χ2v) is 7.74. The first-order valence-corrected chi connectivity index (χ1v) is 10.6. The number of amides is 2. The summed E-state index contributed by atoms with van der Waals surface area (Å²) in [5.74, 6) is 0.193. The fraction of sp³-hybridized carbons (Fsp3) is 0.120. The monoisotopic (exact) mass is 457 g/mol. The van der Waals surface area contributed by atoms with E-state index in [4.69, 9.17) is 9.47 Å². The van der Waals surface area contributed by atoms with E-state index in [1.165, 1.54) is 29.2 Å². The smallest absolute Gasteiger partial charge is 0.278 e. The summed E-state index contributed by atoms with van der Waals surface area (Å²) in [6, 6.07) is 20.3. The standard InChI is InChI=1S/C25H19N3O6/c29-24-22(17-6-9-19(10-7-17)28(31)32)23(26-18-8-11-20-21(14-18)34-15-33-20)25(30)27(24)13-12-16-4-2-1-3-5-16/h1-11,14,26H,12-13,15H2. The van der Waals surface area contributed by atoms with Gasteiger partial charge in [0.25, 0.3) is 17.5 Å². The molecule has 0 fully saturated rings. The van der Waals surface area contributed by atoms with Crippen LogP contribution in [-0.2, 0) is 16.0 Å². The van der Waals surface area contributed by atoms with Gasteiger partial charge in [0.1, 0.15) is 5.70 Å². The van der Waals surface area contributed by atoms with E-state index in [9.17, 15) is 19.7 Å². The number of imide groups is 1. The van der Waals surface area contributed by atoms with Crippen LogP contribution in [0.3, 0.4) is 0 Å². The third-order valence-electron chi connectivity index (χ3n) is 5.64. The predicted molar refractivity (Wildman–Crippen MR) is 123 cm³/mol. The Morgan fingerprint density at radius 1 is 0.912 bits per heavy atom. The molecule has 3 aromatic rings. The first-order valence-electron chi connectivity index (χ1n) is 10.6. The van der Waals surface area contributed by atoms with Crippen molar-refractivity contribution < 1.29 is 24.0 Å². The first-order chi connectivity index (χ1) is 16.5. The van der Waals surface area contributed by atoms with E-state index >= 15 is 0 Å². The number of hydrogen-bond acceptors (Lipinski definition) is 7. The molecule has 5 rings (SSSR count). The van der Waals surface area contributed by atoms with Crippen molar-refractivity contribution in [2.45, 2.75) is 6.42 Å². The molecule has 0 spiro atoms. The SMILES string of the molecule is O=C1C(Nc2ccc3c(c2)OCO3)=C(c2ccc([N+](=O)[O-])cc2)C(=O)N1CCc1ccccc1. The van der Waals surface area contributed by atoms with E-state index in [-0.39, 0.29) is 30.3 Å². The molecule has 0 unspecified atom stereocenters. The molecule has 2 amide bonds. The Morgan fingerprint density at radius 3 is 2.38 bits per heavy atom. The van der Waals surface area contributed by atoms with Gasteiger partial charge in [-0.15, -0.1) is 0 Å². The highest BCUT2D eigenvalue weighted by Gasteiger charge is 2.39. The Hall–Kier alpha value is -4.66. The molecule has 0 saturated heterocycles. The Balaban J connectivity index is 1.48. The zero-order valence-corrected chi connectivity index (χ0v) is 17.9. The number of carbonyl (C=O) groups is 2. The molecule has 2 heterocycles. The topological polar surface area (TPSA) is 111 Å². The summed E-state index contributed by atoms with van der Waals surface area (Å²) in [6.07, 6.45) is 0.503. The first kappa shape index (κ1) is 21.2. The highest BCUT2D eigenvalue weighted by molar-refractivity contribution is 6.36. The Bertz CT molecular complexity index is 1320. The fourth-order valence-corrected chi connectivity index (χ4v) is 3.92. The lowest BCUT2D eigenvalue weighted by Crippen LogP contribution is -2.34. The van der Waals surface area contributed by atoms with Crippen LogP contribution in [-0.4, -0.2) is 35.0 Å². The number of nitro benzene ring substituents is 1. The molecule has 170 valence electrons. The fourth-order valence-electron chi connectivity index (χ4n) is 3.92. The lowest BCUT2D eigenvalue weighted by molar-refractivity contribution is -0.384. The number of nitrogens with one attached hydrogen (secondary N) is 1. The zero-order valence-electron chi connectivity index (χ0n) is 17.9. The molecule has 2 aliphatic heterocycles. The molecule has 3 aromatic carbocycles. The van der Waals surface area contributed by atoms with E-state index in [1.807, 2.05) is 30.3 Å². The summed E-state index contributed by atoms with van der Waals surface area (Å²) < 4.78 is 10.7. The van der Waals surface area contributed by atoms with Gasteiger partial charge in [0.15, 0.2) is 11.5 Å². The average Bonchev–Trinajstić information content (AvgIpc) is 3.41. The summed E-state index contributed by atoms with van der Waals surface area (Å²) >= 11 is 0. The number of non-ortho nitro benzene ring substituents is 1. The Kier molecular flexibility index (Phi) is 5.43. The highest BCUT2D eigenvalue weighted by atomic mass is 16.7. The van der Waals surface area contributed by atoms with Gasteiger partial charge in [0, 0.05) is 30.4 Å². The van der Waals surface area contributed by atoms with E-state index in [0.717, 1.165) is 5.56 Å².